The Labute approximate surface area is 130 Å². The Bertz CT molecular complexity index is 612. The van der Waals surface area contributed by atoms with Crippen molar-refractivity contribution in [2.24, 2.45) is 5.92 Å². The number of aromatic nitrogens is 1. The maximum Gasteiger partial charge on any atom is 0.240 e. The number of nitrogens with zero attached hydrogens (tertiary/aromatic N) is 1. The molecule has 0 saturated carbocycles. The van der Waals surface area contributed by atoms with E-state index in [2.05, 4.69) is 26.2 Å². The van der Waals surface area contributed by atoms with E-state index >= 15 is 0 Å². The van der Waals surface area contributed by atoms with Crippen LogP contribution in [0, 0.1) is 5.92 Å². The predicted octanol–water partition coefficient (Wildman–Crippen LogP) is 4.05. The number of benzene rings is 1. The van der Waals surface area contributed by atoms with E-state index in [1.807, 2.05) is 39.0 Å². The molecule has 2 aromatic rings. The average molecular weight is 357 g/mol. The molecule has 0 aliphatic carbocycles. The van der Waals surface area contributed by atoms with Crippen molar-refractivity contribution in [2.75, 3.05) is 11.9 Å². The highest BCUT2D eigenvalue weighted by atomic mass is 79.9. The van der Waals surface area contributed by atoms with Gasteiger partial charge in [-0.25, -0.2) is 4.98 Å². The Balaban J connectivity index is 2.17. The van der Waals surface area contributed by atoms with Crippen LogP contribution in [-0.2, 0) is 4.79 Å². The van der Waals surface area contributed by atoms with Gasteiger partial charge in [-0.05, 0) is 31.0 Å². The third-order valence-corrected chi connectivity index (χ3v) is 5.14. The molecule has 1 aromatic carbocycles. The first-order valence-corrected chi connectivity index (χ1v) is 8.22. The molecule has 1 amide bonds. The SMILES string of the molecule is CCOc1ccc2nc(NC(=O)[C@H](Br)C(C)C)sc2c1. The fraction of sp³-hybridized carbons (Fsp3) is 0.429. The number of ether oxygens (including phenoxy) is 1. The van der Waals surface area contributed by atoms with Crippen molar-refractivity contribution in [3.63, 3.8) is 0 Å². The molecule has 1 atom stereocenters. The van der Waals surface area contributed by atoms with Crippen LogP contribution < -0.4 is 10.1 Å². The Hall–Kier alpha value is -1.14. The lowest BCUT2D eigenvalue weighted by atomic mass is 10.1. The highest BCUT2D eigenvalue weighted by molar-refractivity contribution is 9.10. The average Bonchev–Trinajstić information content (AvgIpc) is 2.79. The standard InChI is InChI=1S/C14H17BrN2O2S/c1-4-19-9-5-6-10-11(7-9)20-14(16-10)17-13(18)12(15)8(2)3/h5-8,12H,4H2,1-3H3,(H,16,17,18)/t12-/m1/s1. The zero-order valence-electron chi connectivity index (χ0n) is 11.6. The van der Waals surface area contributed by atoms with E-state index in [9.17, 15) is 4.79 Å². The molecule has 1 aromatic heterocycles. The van der Waals surface area contributed by atoms with Gasteiger partial charge in [0, 0.05) is 0 Å². The maximum atomic E-state index is 12.0. The third kappa shape index (κ3) is 3.49. The van der Waals surface area contributed by atoms with Gasteiger partial charge in [0.15, 0.2) is 5.13 Å². The van der Waals surface area contributed by atoms with Crippen LogP contribution >= 0.6 is 27.3 Å². The number of hydrogen-bond donors (Lipinski definition) is 1. The molecule has 0 saturated heterocycles. The molecular formula is C14H17BrN2O2S. The third-order valence-electron chi connectivity index (χ3n) is 2.74. The molecule has 6 heteroatoms. The molecule has 4 nitrogen and oxygen atoms in total. The molecule has 1 N–H and O–H groups in total. The minimum atomic E-state index is -0.214. The second kappa shape index (κ2) is 6.54. The molecule has 20 heavy (non-hydrogen) atoms. The van der Waals surface area contributed by atoms with Crippen molar-refractivity contribution >= 4 is 48.5 Å². The normalized spacial score (nSPS) is 12.7. The van der Waals surface area contributed by atoms with E-state index in [4.69, 9.17) is 4.74 Å². The van der Waals surface area contributed by atoms with Crippen molar-refractivity contribution in [3.8, 4) is 5.75 Å². The molecule has 0 fully saturated rings. The van der Waals surface area contributed by atoms with Gasteiger partial charge in [-0.2, -0.15) is 0 Å². The van der Waals surface area contributed by atoms with Crippen LogP contribution in [0.4, 0.5) is 5.13 Å². The molecule has 0 bridgehead atoms. The Morgan fingerprint density at radius 1 is 1.50 bits per heavy atom. The first kappa shape index (κ1) is 15.3. The topological polar surface area (TPSA) is 51.2 Å². The fourth-order valence-electron chi connectivity index (χ4n) is 1.69. The van der Waals surface area contributed by atoms with E-state index in [1.54, 1.807) is 0 Å². The van der Waals surface area contributed by atoms with Gasteiger partial charge in [-0.3, -0.25) is 4.79 Å². The summed E-state index contributed by atoms with van der Waals surface area (Å²) in [6.07, 6.45) is 0. The quantitative estimate of drug-likeness (QED) is 0.822. The summed E-state index contributed by atoms with van der Waals surface area (Å²) in [4.78, 5) is 16.2. The summed E-state index contributed by atoms with van der Waals surface area (Å²) in [5.74, 6) is 0.986. The summed E-state index contributed by atoms with van der Waals surface area (Å²) >= 11 is 4.84. The number of carbonyl (C=O) groups is 1. The minimum absolute atomic E-state index is 0.0657. The summed E-state index contributed by atoms with van der Waals surface area (Å²) in [6.45, 7) is 6.57. The van der Waals surface area contributed by atoms with Gasteiger partial charge in [0.2, 0.25) is 5.91 Å². The van der Waals surface area contributed by atoms with Crippen LogP contribution in [0.1, 0.15) is 20.8 Å². The Morgan fingerprint density at radius 2 is 2.25 bits per heavy atom. The summed E-state index contributed by atoms with van der Waals surface area (Å²) < 4.78 is 6.46. The highest BCUT2D eigenvalue weighted by Crippen LogP contribution is 2.29. The predicted molar refractivity (Wildman–Crippen MR) is 87.0 cm³/mol. The molecule has 0 spiro atoms. The van der Waals surface area contributed by atoms with Crippen LogP contribution in [-0.4, -0.2) is 22.3 Å². The fourth-order valence-corrected chi connectivity index (χ4v) is 2.70. The molecule has 0 aliphatic heterocycles. The lowest BCUT2D eigenvalue weighted by Crippen LogP contribution is -2.26. The highest BCUT2D eigenvalue weighted by Gasteiger charge is 2.19. The van der Waals surface area contributed by atoms with E-state index in [1.165, 1.54) is 11.3 Å². The maximum absolute atomic E-state index is 12.0. The minimum Gasteiger partial charge on any atom is -0.494 e. The Kier molecular flexibility index (Phi) is 4.99. The van der Waals surface area contributed by atoms with Gasteiger partial charge in [0.25, 0.3) is 0 Å². The summed E-state index contributed by atoms with van der Waals surface area (Å²) in [5, 5.41) is 3.46. The number of halogens is 1. The van der Waals surface area contributed by atoms with Crippen LogP contribution in [0.2, 0.25) is 0 Å². The molecular weight excluding hydrogens is 340 g/mol. The number of anilines is 1. The lowest BCUT2D eigenvalue weighted by Gasteiger charge is -2.11. The Morgan fingerprint density at radius 3 is 2.90 bits per heavy atom. The van der Waals surface area contributed by atoms with E-state index < -0.39 is 0 Å². The first-order valence-electron chi connectivity index (χ1n) is 6.49. The van der Waals surface area contributed by atoms with Gasteiger partial charge in [-0.1, -0.05) is 41.1 Å². The smallest absolute Gasteiger partial charge is 0.240 e. The van der Waals surface area contributed by atoms with Crippen LogP contribution in [0.25, 0.3) is 10.2 Å². The number of nitrogens with one attached hydrogen (secondary N) is 1. The van der Waals surface area contributed by atoms with Crippen molar-refractivity contribution in [1.29, 1.82) is 0 Å². The molecule has 0 unspecified atom stereocenters. The zero-order chi connectivity index (χ0) is 14.7. The van der Waals surface area contributed by atoms with Crippen molar-refractivity contribution < 1.29 is 9.53 Å². The number of amides is 1. The second-order valence-electron chi connectivity index (χ2n) is 4.72. The first-order chi connectivity index (χ1) is 9.51. The van der Waals surface area contributed by atoms with E-state index in [-0.39, 0.29) is 16.7 Å². The largest absolute Gasteiger partial charge is 0.494 e. The summed E-state index contributed by atoms with van der Waals surface area (Å²) in [7, 11) is 0. The van der Waals surface area contributed by atoms with Gasteiger partial charge in [-0.15, -0.1) is 0 Å². The molecule has 0 aliphatic rings. The van der Waals surface area contributed by atoms with Crippen LogP contribution in [0.3, 0.4) is 0 Å². The van der Waals surface area contributed by atoms with Crippen molar-refractivity contribution in [3.05, 3.63) is 18.2 Å². The van der Waals surface area contributed by atoms with Gasteiger partial charge < -0.3 is 10.1 Å². The number of fused-ring (bicyclic) bond motifs is 1. The number of carbonyl (C=O) groups excluding carboxylic acids is 1. The van der Waals surface area contributed by atoms with Crippen LogP contribution in [0.5, 0.6) is 5.75 Å². The van der Waals surface area contributed by atoms with Gasteiger partial charge in [0.1, 0.15) is 5.75 Å². The number of rotatable bonds is 5. The molecule has 2 rings (SSSR count). The number of thiazole rings is 1. The van der Waals surface area contributed by atoms with E-state index in [0.717, 1.165) is 16.0 Å². The van der Waals surface area contributed by atoms with Gasteiger partial charge >= 0.3 is 0 Å². The molecule has 108 valence electrons. The number of alkyl halides is 1. The second-order valence-corrected chi connectivity index (χ2v) is 6.73. The van der Waals surface area contributed by atoms with E-state index in [0.29, 0.717) is 11.7 Å². The molecule has 1 heterocycles. The number of hydrogen-bond acceptors (Lipinski definition) is 4. The van der Waals surface area contributed by atoms with Crippen molar-refractivity contribution in [1.82, 2.24) is 4.98 Å². The zero-order valence-corrected chi connectivity index (χ0v) is 14.0. The monoisotopic (exact) mass is 356 g/mol. The summed E-state index contributed by atoms with van der Waals surface area (Å²) in [5.41, 5.74) is 0.865. The van der Waals surface area contributed by atoms with Crippen LogP contribution in [0.15, 0.2) is 18.2 Å². The molecule has 0 radical (unpaired) electrons. The van der Waals surface area contributed by atoms with Crippen molar-refractivity contribution in [2.45, 2.75) is 25.6 Å². The van der Waals surface area contributed by atoms with Gasteiger partial charge in [0.05, 0.1) is 21.7 Å². The lowest BCUT2D eigenvalue weighted by molar-refractivity contribution is -0.116. The summed E-state index contributed by atoms with van der Waals surface area (Å²) in [6, 6.07) is 5.74.